The number of nitrogens with one attached hydrogen (secondary N) is 1. The number of aliphatic hydroxyl groups is 1. The van der Waals surface area contributed by atoms with Crippen LogP contribution in [-0.2, 0) is 32.3 Å². The molecule has 0 aromatic heterocycles. The Morgan fingerprint density at radius 1 is 1.12 bits per heavy atom. The first kappa shape index (κ1) is 24.0. The van der Waals surface area contributed by atoms with Crippen LogP contribution < -0.4 is 5.32 Å². The summed E-state index contributed by atoms with van der Waals surface area (Å²) in [5.74, 6) is 0.188. The number of amides is 2. The van der Waals surface area contributed by atoms with Crippen LogP contribution in [0.5, 0.6) is 0 Å². The first-order valence-electron chi connectivity index (χ1n) is 11.9. The predicted octanol–water partition coefficient (Wildman–Crippen LogP) is 3.24. The summed E-state index contributed by atoms with van der Waals surface area (Å²) in [6, 6.07) is 17.6. The summed E-state index contributed by atoms with van der Waals surface area (Å²) in [6.07, 6.45) is 4.16. The van der Waals surface area contributed by atoms with Crippen molar-refractivity contribution in [3.63, 3.8) is 0 Å². The zero-order chi connectivity index (χ0) is 23.8. The number of carbonyl (C=O) groups excluding carboxylic acids is 2. The number of rotatable bonds is 10. The summed E-state index contributed by atoms with van der Waals surface area (Å²) in [6.45, 7) is 2.29. The maximum Gasteiger partial charge on any atom is 0.286 e. The summed E-state index contributed by atoms with van der Waals surface area (Å²) in [7, 11) is 0. The van der Waals surface area contributed by atoms with Gasteiger partial charge in [-0.2, -0.15) is 0 Å². The van der Waals surface area contributed by atoms with E-state index < -0.39 is 6.29 Å². The van der Waals surface area contributed by atoms with Crippen molar-refractivity contribution in [1.82, 2.24) is 10.2 Å². The number of hydrogen-bond donors (Lipinski definition) is 2. The highest BCUT2D eigenvalue weighted by Crippen LogP contribution is 2.31. The van der Waals surface area contributed by atoms with Gasteiger partial charge in [-0.25, -0.2) is 0 Å². The second-order valence-electron chi connectivity index (χ2n) is 8.71. The van der Waals surface area contributed by atoms with E-state index in [4.69, 9.17) is 9.47 Å². The molecule has 7 nitrogen and oxygen atoms in total. The van der Waals surface area contributed by atoms with Crippen LogP contribution in [0.15, 0.2) is 66.4 Å². The van der Waals surface area contributed by atoms with Crippen LogP contribution in [0.25, 0.3) is 0 Å². The van der Waals surface area contributed by atoms with Gasteiger partial charge in [-0.05, 0) is 35.6 Å². The van der Waals surface area contributed by atoms with Crippen molar-refractivity contribution in [2.24, 2.45) is 0 Å². The van der Waals surface area contributed by atoms with Crippen LogP contribution in [0.3, 0.4) is 0 Å². The quantitative estimate of drug-likeness (QED) is 0.527. The van der Waals surface area contributed by atoms with Gasteiger partial charge >= 0.3 is 0 Å². The van der Waals surface area contributed by atoms with Crippen molar-refractivity contribution in [2.75, 3.05) is 19.6 Å². The van der Waals surface area contributed by atoms with Crippen LogP contribution in [0, 0.1) is 0 Å². The van der Waals surface area contributed by atoms with Gasteiger partial charge in [-0.15, -0.1) is 0 Å². The molecular formula is C27H32N2O5. The van der Waals surface area contributed by atoms with Crippen molar-refractivity contribution in [2.45, 2.75) is 51.1 Å². The number of hydrogen-bond acceptors (Lipinski definition) is 5. The molecule has 2 aliphatic rings. The normalized spacial score (nSPS) is 20.1. The summed E-state index contributed by atoms with van der Waals surface area (Å²) in [5.41, 5.74) is 2.91. The number of allylic oxidation sites excluding steroid dienone is 1. The van der Waals surface area contributed by atoms with Crippen LogP contribution in [-0.4, -0.2) is 47.7 Å². The molecule has 0 aliphatic carbocycles. The molecule has 0 bridgehead atoms. The second-order valence-corrected chi connectivity index (χ2v) is 8.71. The Bertz CT molecular complexity index is 990. The molecule has 1 fully saturated rings. The summed E-state index contributed by atoms with van der Waals surface area (Å²) < 4.78 is 12.0. The number of ether oxygens (including phenoxy) is 2. The van der Waals surface area contributed by atoms with E-state index in [1.807, 2.05) is 65.6 Å². The molecule has 0 radical (unpaired) electrons. The van der Waals surface area contributed by atoms with Gasteiger partial charge < -0.3 is 24.8 Å². The number of benzene rings is 2. The molecule has 2 N–H and O–H groups in total. The Balaban J connectivity index is 1.35. The van der Waals surface area contributed by atoms with Gasteiger partial charge in [0.15, 0.2) is 5.76 Å². The van der Waals surface area contributed by atoms with E-state index in [-0.39, 0.29) is 30.1 Å². The van der Waals surface area contributed by atoms with E-state index in [1.165, 1.54) is 0 Å². The third-order valence-corrected chi connectivity index (χ3v) is 6.21. The monoisotopic (exact) mass is 464 g/mol. The lowest BCUT2D eigenvalue weighted by Gasteiger charge is -2.29. The Kier molecular flexibility index (Phi) is 8.33. The highest BCUT2D eigenvalue weighted by molar-refractivity contribution is 5.91. The first-order valence-corrected chi connectivity index (χ1v) is 11.9. The average molecular weight is 465 g/mol. The van der Waals surface area contributed by atoms with Gasteiger partial charge in [0.25, 0.3) is 5.91 Å². The van der Waals surface area contributed by atoms with Crippen LogP contribution in [0.4, 0.5) is 0 Å². The number of nitrogens with zero attached hydrogens (tertiary/aromatic N) is 1. The Morgan fingerprint density at radius 2 is 1.88 bits per heavy atom. The topological polar surface area (TPSA) is 88.1 Å². The van der Waals surface area contributed by atoms with Gasteiger partial charge in [0.05, 0.1) is 13.2 Å². The maximum absolute atomic E-state index is 12.9. The Morgan fingerprint density at radius 3 is 2.59 bits per heavy atom. The molecule has 2 aromatic carbocycles. The molecule has 180 valence electrons. The molecule has 0 saturated carbocycles. The summed E-state index contributed by atoms with van der Waals surface area (Å²) in [4.78, 5) is 26.5. The maximum atomic E-state index is 12.9. The van der Waals surface area contributed by atoms with Gasteiger partial charge in [-0.1, -0.05) is 54.6 Å². The number of likely N-dealkylation sites (tertiary alicyclic amines) is 1. The zero-order valence-electron chi connectivity index (χ0n) is 19.3. The zero-order valence-corrected chi connectivity index (χ0v) is 19.3. The van der Waals surface area contributed by atoms with Gasteiger partial charge in [-0.3, -0.25) is 9.59 Å². The van der Waals surface area contributed by atoms with E-state index in [0.717, 1.165) is 29.7 Å². The first-order chi connectivity index (χ1) is 16.6. The average Bonchev–Trinajstić information content (AvgIpc) is 3.30. The highest BCUT2D eigenvalue weighted by atomic mass is 16.7. The van der Waals surface area contributed by atoms with Crippen molar-refractivity contribution < 1.29 is 24.2 Å². The smallest absolute Gasteiger partial charge is 0.286 e. The molecule has 7 heteroatoms. The lowest BCUT2D eigenvalue weighted by Crippen LogP contribution is -2.34. The van der Waals surface area contributed by atoms with E-state index in [0.29, 0.717) is 39.0 Å². The third-order valence-electron chi connectivity index (χ3n) is 6.21. The molecule has 2 aliphatic heterocycles. The Hall–Kier alpha value is -3.16. The minimum absolute atomic E-state index is 0.000290. The standard InChI is InChI=1S/C27H32N2O5/c30-18-20-9-11-21(12-10-20)19-33-26-17-23(22-6-2-1-3-7-22)16-24(34-26)27(32)28-13-5-15-29-14-4-8-25(29)31/h1-3,6-7,9-12,16,23,26,30H,4-5,8,13-15,17-19H2,(H,28,32)/t23-,26+/m1/s1. The van der Waals surface area contributed by atoms with E-state index in [2.05, 4.69) is 5.32 Å². The lowest BCUT2D eigenvalue weighted by molar-refractivity contribution is -0.150. The van der Waals surface area contributed by atoms with Gasteiger partial charge in [0, 0.05) is 38.4 Å². The molecule has 0 spiro atoms. The fourth-order valence-electron chi connectivity index (χ4n) is 4.28. The Labute approximate surface area is 200 Å². The molecule has 2 atom stereocenters. The molecule has 1 saturated heterocycles. The lowest BCUT2D eigenvalue weighted by atomic mass is 9.93. The minimum Gasteiger partial charge on any atom is -0.459 e. The van der Waals surface area contributed by atoms with E-state index >= 15 is 0 Å². The molecule has 34 heavy (non-hydrogen) atoms. The highest BCUT2D eigenvalue weighted by Gasteiger charge is 2.29. The molecular weight excluding hydrogens is 432 g/mol. The SMILES string of the molecule is O=C(NCCCN1CCCC1=O)C1=C[C@@H](c2ccccc2)C[C@@H](OCc2ccc(CO)cc2)O1. The molecule has 2 aromatic rings. The van der Waals surface area contributed by atoms with Crippen molar-refractivity contribution in [3.05, 3.63) is 83.1 Å². The fourth-order valence-corrected chi connectivity index (χ4v) is 4.28. The molecule has 4 rings (SSSR count). The summed E-state index contributed by atoms with van der Waals surface area (Å²) >= 11 is 0. The second kappa shape index (κ2) is 11.8. The van der Waals surface area contributed by atoms with E-state index in [9.17, 15) is 14.7 Å². The molecule has 0 unspecified atom stereocenters. The largest absolute Gasteiger partial charge is 0.459 e. The van der Waals surface area contributed by atoms with Crippen molar-refractivity contribution in [3.8, 4) is 0 Å². The predicted molar refractivity (Wildman–Crippen MR) is 127 cm³/mol. The minimum atomic E-state index is -0.560. The van der Waals surface area contributed by atoms with Crippen LogP contribution >= 0.6 is 0 Å². The van der Waals surface area contributed by atoms with Gasteiger partial charge in [0.2, 0.25) is 12.2 Å². The van der Waals surface area contributed by atoms with Crippen LogP contribution in [0.2, 0.25) is 0 Å². The van der Waals surface area contributed by atoms with Crippen molar-refractivity contribution in [1.29, 1.82) is 0 Å². The number of aliphatic hydroxyl groups excluding tert-OH is 1. The fraction of sp³-hybridized carbons (Fsp3) is 0.407. The van der Waals surface area contributed by atoms with Crippen LogP contribution in [0.1, 0.15) is 48.3 Å². The van der Waals surface area contributed by atoms with Gasteiger partial charge in [0.1, 0.15) is 0 Å². The molecule has 2 heterocycles. The number of carbonyl (C=O) groups is 2. The third kappa shape index (κ3) is 6.46. The molecule has 2 amide bonds. The summed E-state index contributed by atoms with van der Waals surface area (Å²) in [5, 5.41) is 12.1. The van der Waals surface area contributed by atoms with Crippen molar-refractivity contribution >= 4 is 11.8 Å². The van der Waals surface area contributed by atoms with E-state index in [1.54, 1.807) is 0 Å².